The quantitative estimate of drug-likeness (QED) is 0.394. The maximum absolute atomic E-state index is 13.2. The van der Waals surface area contributed by atoms with E-state index < -0.39 is 24.4 Å². The average molecular weight is 548 g/mol. The first-order valence-corrected chi connectivity index (χ1v) is 11.3. The van der Waals surface area contributed by atoms with Crippen LogP contribution in [0.15, 0.2) is 42.5 Å². The van der Waals surface area contributed by atoms with Crippen LogP contribution in [0.4, 0.5) is 18.9 Å². The van der Waals surface area contributed by atoms with Crippen LogP contribution in [0.2, 0.25) is 15.1 Å². The van der Waals surface area contributed by atoms with Crippen molar-refractivity contribution in [2.24, 2.45) is 0 Å². The van der Waals surface area contributed by atoms with Gasteiger partial charge in [-0.2, -0.15) is 23.0 Å². The Morgan fingerprint density at radius 3 is 2.31 bits per heavy atom. The molecule has 2 N–H and O–H groups in total. The van der Waals surface area contributed by atoms with Gasteiger partial charge < -0.3 is 15.4 Å². The highest BCUT2D eigenvalue weighted by molar-refractivity contribution is 6.40. The number of amides is 2. The Kier molecular flexibility index (Phi) is 7.16. The molecule has 1 fully saturated rings. The number of carbonyl (C=O) groups is 2. The maximum atomic E-state index is 13.2. The molecule has 3 aromatic rings. The van der Waals surface area contributed by atoms with E-state index in [1.165, 1.54) is 24.3 Å². The molecule has 0 atom stereocenters. The first-order chi connectivity index (χ1) is 16.5. The highest BCUT2D eigenvalue weighted by Crippen LogP contribution is 2.34. The fourth-order valence-corrected chi connectivity index (χ4v) is 3.83. The molecule has 0 saturated heterocycles. The average Bonchev–Trinajstić information content (AvgIpc) is 3.49. The second-order valence-corrected chi connectivity index (χ2v) is 8.85. The SMILES string of the molecule is O=C(COc1cc(C(F)(F)F)nn1-c1ccccc1Cl)Nc1c(Cl)cc(C(=O)NC2CC2)cc1Cl. The zero-order valence-corrected chi connectivity index (χ0v) is 19.9. The molecule has 1 aliphatic carbocycles. The van der Waals surface area contributed by atoms with Crippen molar-refractivity contribution < 1.29 is 27.5 Å². The molecule has 13 heteroatoms. The van der Waals surface area contributed by atoms with Gasteiger partial charge in [0.1, 0.15) is 0 Å². The van der Waals surface area contributed by atoms with E-state index in [-0.39, 0.29) is 49.8 Å². The maximum Gasteiger partial charge on any atom is 0.435 e. The Morgan fingerprint density at radius 2 is 1.71 bits per heavy atom. The number of benzene rings is 2. The number of rotatable bonds is 7. The van der Waals surface area contributed by atoms with Gasteiger partial charge in [0, 0.05) is 17.7 Å². The second kappa shape index (κ2) is 9.96. The third-order valence-electron chi connectivity index (χ3n) is 4.88. The molecular weight excluding hydrogens is 532 g/mol. The summed E-state index contributed by atoms with van der Waals surface area (Å²) in [7, 11) is 0. The van der Waals surface area contributed by atoms with E-state index in [2.05, 4.69) is 15.7 Å². The smallest absolute Gasteiger partial charge is 0.435 e. The zero-order valence-electron chi connectivity index (χ0n) is 17.6. The number of nitrogens with one attached hydrogen (secondary N) is 2. The van der Waals surface area contributed by atoms with Crippen LogP contribution in [0.1, 0.15) is 28.9 Å². The Hall–Kier alpha value is -2.95. The molecule has 1 heterocycles. The zero-order chi connectivity index (χ0) is 25.3. The lowest BCUT2D eigenvalue weighted by molar-refractivity contribution is -0.141. The highest BCUT2D eigenvalue weighted by Gasteiger charge is 2.36. The van der Waals surface area contributed by atoms with Crippen molar-refractivity contribution in [1.29, 1.82) is 0 Å². The minimum absolute atomic E-state index is 0.00673. The summed E-state index contributed by atoms with van der Waals surface area (Å²) in [5.41, 5.74) is -0.838. The first-order valence-electron chi connectivity index (χ1n) is 10.2. The molecule has 1 aromatic heterocycles. The number of hydrogen-bond acceptors (Lipinski definition) is 4. The predicted octanol–water partition coefficient (Wildman–Crippen LogP) is 5.76. The molecule has 7 nitrogen and oxygen atoms in total. The molecule has 184 valence electrons. The summed E-state index contributed by atoms with van der Waals surface area (Å²) in [5.74, 6) is -1.46. The molecule has 2 amide bonds. The molecule has 0 spiro atoms. The van der Waals surface area contributed by atoms with E-state index in [9.17, 15) is 22.8 Å². The van der Waals surface area contributed by atoms with Crippen LogP contribution in [0, 0.1) is 0 Å². The van der Waals surface area contributed by atoms with Crippen molar-refractivity contribution in [3.05, 3.63) is 68.8 Å². The van der Waals surface area contributed by atoms with Gasteiger partial charge in [0.15, 0.2) is 12.3 Å². The van der Waals surface area contributed by atoms with Gasteiger partial charge in [0.25, 0.3) is 11.8 Å². The third kappa shape index (κ3) is 6.01. The summed E-state index contributed by atoms with van der Waals surface area (Å²) in [6, 6.07) is 9.57. The molecule has 0 bridgehead atoms. The Bertz CT molecular complexity index is 1270. The van der Waals surface area contributed by atoms with E-state index in [1.807, 2.05) is 0 Å². The van der Waals surface area contributed by atoms with Gasteiger partial charge in [0.2, 0.25) is 5.88 Å². The van der Waals surface area contributed by atoms with Crippen LogP contribution in [-0.2, 0) is 11.0 Å². The van der Waals surface area contributed by atoms with Crippen LogP contribution in [-0.4, -0.2) is 34.2 Å². The lowest BCUT2D eigenvalue weighted by Gasteiger charge is -2.13. The Morgan fingerprint density at radius 1 is 1.06 bits per heavy atom. The van der Waals surface area contributed by atoms with Gasteiger partial charge in [-0.1, -0.05) is 46.9 Å². The summed E-state index contributed by atoms with van der Waals surface area (Å²) in [4.78, 5) is 24.7. The number of aromatic nitrogens is 2. The van der Waals surface area contributed by atoms with E-state index in [1.54, 1.807) is 12.1 Å². The second-order valence-electron chi connectivity index (χ2n) is 7.63. The number of para-hydroxylation sites is 1. The van der Waals surface area contributed by atoms with Gasteiger partial charge in [-0.15, -0.1) is 0 Å². The molecule has 0 radical (unpaired) electrons. The molecular formula is C22H16Cl3F3N4O3. The molecule has 4 rings (SSSR count). The van der Waals surface area contributed by atoms with Crippen molar-refractivity contribution in [2.45, 2.75) is 25.1 Å². The molecule has 0 unspecified atom stereocenters. The van der Waals surface area contributed by atoms with Crippen molar-refractivity contribution in [3.63, 3.8) is 0 Å². The summed E-state index contributed by atoms with van der Waals surface area (Å²) in [6.07, 6.45) is -2.94. The minimum Gasteiger partial charge on any atom is -0.467 e. The topological polar surface area (TPSA) is 85.2 Å². The number of anilines is 1. The largest absolute Gasteiger partial charge is 0.467 e. The van der Waals surface area contributed by atoms with Crippen molar-refractivity contribution >= 4 is 52.3 Å². The first kappa shape index (κ1) is 25.2. The van der Waals surface area contributed by atoms with E-state index >= 15 is 0 Å². The van der Waals surface area contributed by atoms with Gasteiger partial charge in [-0.3, -0.25) is 9.59 Å². The standard InChI is InChI=1S/C22H16Cl3F3N4O3/c23-13-3-1-2-4-16(13)32-19(9-17(31-32)22(26,27)28)35-10-18(33)30-20-14(24)7-11(8-15(20)25)21(34)29-12-5-6-12/h1-4,7-9,12H,5-6,10H2,(H,29,34)(H,30,33). The number of hydrogen-bond donors (Lipinski definition) is 2. The summed E-state index contributed by atoms with van der Waals surface area (Å²) < 4.78 is 45.9. The fourth-order valence-electron chi connectivity index (χ4n) is 3.04. The van der Waals surface area contributed by atoms with E-state index in [0.29, 0.717) is 6.07 Å². The highest BCUT2D eigenvalue weighted by atomic mass is 35.5. The molecule has 1 saturated carbocycles. The lowest BCUT2D eigenvalue weighted by atomic mass is 10.2. The van der Waals surface area contributed by atoms with E-state index in [4.69, 9.17) is 39.5 Å². The molecule has 0 aliphatic heterocycles. The van der Waals surface area contributed by atoms with Gasteiger partial charge in [0.05, 0.1) is 26.4 Å². The van der Waals surface area contributed by atoms with Gasteiger partial charge in [-0.05, 0) is 37.1 Å². The van der Waals surface area contributed by atoms with Crippen LogP contribution in [0.25, 0.3) is 5.69 Å². The van der Waals surface area contributed by atoms with Crippen molar-refractivity contribution in [1.82, 2.24) is 15.1 Å². The molecule has 2 aromatic carbocycles. The van der Waals surface area contributed by atoms with Crippen LogP contribution < -0.4 is 15.4 Å². The van der Waals surface area contributed by atoms with Gasteiger partial charge >= 0.3 is 6.18 Å². The molecule has 35 heavy (non-hydrogen) atoms. The van der Waals surface area contributed by atoms with Crippen LogP contribution >= 0.6 is 34.8 Å². The van der Waals surface area contributed by atoms with Crippen LogP contribution in [0.3, 0.4) is 0 Å². The Balaban J connectivity index is 1.49. The number of halogens is 6. The monoisotopic (exact) mass is 546 g/mol. The van der Waals surface area contributed by atoms with Crippen molar-refractivity contribution in [3.8, 4) is 11.6 Å². The van der Waals surface area contributed by atoms with E-state index in [0.717, 1.165) is 17.5 Å². The van der Waals surface area contributed by atoms with Gasteiger partial charge in [-0.25, -0.2) is 0 Å². The predicted molar refractivity (Wildman–Crippen MR) is 125 cm³/mol. The summed E-state index contributed by atoms with van der Waals surface area (Å²) in [6.45, 7) is -0.690. The number of carbonyl (C=O) groups excluding carboxylic acids is 2. The minimum atomic E-state index is -4.75. The summed E-state index contributed by atoms with van der Waals surface area (Å²) in [5, 5.41) is 8.90. The third-order valence-corrected chi connectivity index (χ3v) is 5.80. The lowest BCUT2D eigenvalue weighted by Crippen LogP contribution is -2.25. The fraction of sp³-hybridized carbons (Fsp3) is 0.227. The number of alkyl halides is 3. The number of ether oxygens (including phenoxy) is 1. The summed E-state index contributed by atoms with van der Waals surface area (Å²) >= 11 is 18.5. The Labute approximate surface area is 212 Å². The molecule has 1 aliphatic rings. The number of nitrogens with zero attached hydrogens (tertiary/aromatic N) is 2. The normalized spacial score (nSPS) is 13.4. The van der Waals surface area contributed by atoms with Crippen molar-refractivity contribution in [2.75, 3.05) is 11.9 Å². The van der Waals surface area contributed by atoms with Crippen LogP contribution in [0.5, 0.6) is 5.88 Å².